The minimum atomic E-state index is -0.294. The zero-order valence-corrected chi connectivity index (χ0v) is 6.58. The van der Waals surface area contributed by atoms with Gasteiger partial charge < -0.3 is 10.2 Å². The summed E-state index contributed by atoms with van der Waals surface area (Å²) in [6.45, 7) is 0. The van der Waals surface area contributed by atoms with Crippen molar-refractivity contribution in [1.29, 1.82) is 0 Å². The molecule has 0 fully saturated rings. The molecule has 1 aliphatic carbocycles. The molecule has 0 heterocycles. The third-order valence-corrected chi connectivity index (χ3v) is 2.18. The van der Waals surface area contributed by atoms with Gasteiger partial charge in [-0.2, -0.15) is 0 Å². The van der Waals surface area contributed by atoms with Crippen LogP contribution in [0.5, 0.6) is 0 Å². The Morgan fingerprint density at radius 3 is 2.20 bits per heavy atom. The van der Waals surface area contributed by atoms with Crippen LogP contribution >= 0.6 is 23.2 Å². The van der Waals surface area contributed by atoms with Gasteiger partial charge in [-0.25, -0.2) is 0 Å². The molecule has 0 aliphatic heterocycles. The lowest BCUT2D eigenvalue weighted by molar-refractivity contribution is 0.316. The quantitative estimate of drug-likeness (QED) is 0.603. The normalized spacial score (nSPS) is 20.2. The van der Waals surface area contributed by atoms with E-state index in [1.54, 1.807) is 0 Å². The van der Waals surface area contributed by atoms with Crippen LogP contribution in [-0.2, 0) is 0 Å². The largest absolute Gasteiger partial charge is 0.508 e. The summed E-state index contributed by atoms with van der Waals surface area (Å²) in [5.74, 6) is -0.382. The minimum Gasteiger partial charge on any atom is -0.508 e. The smallest absolute Gasteiger partial charge is 0.173 e. The molecule has 4 heteroatoms. The van der Waals surface area contributed by atoms with Crippen LogP contribution < -0.4 is 0 Å². The highest BCUT2D eigenvalue weighted by atomic mass is 35.5. The predicted octanol–water partition coefficient (Wildman–Crippen LogP) is 2.80. The summed E-state index contributed by atoms with van der Waals surface area (Å²) in [5.41, 5.74) is 0. The van der Waals surface area contributed by atoms with Crippen LogP contribution in [0.15, 0.2) is 21.6 Å². The molecule has 0 bridgehead atoms. The Kier molecular flexibility index (Phi) is 2.11. The Hall–Kier alpha value is -0.340. The zero-order chi connectivity index (χ0) is 7.72. The van der Waals surface area contributed by atoms with E-state index in [2.05, 4.69) is 0 Å². The fraction of sp³-hybridized carbons (Fsp3) is 0.333. The standard InChI is InChI=1S/C6H6Cl2O2/c7-3-1-2-4(9)6(10)5(3)8/h9-10H,1-2H2. The molecule has 1 rings (SSSR count). The van der Waals surface area contributed by atoms with Gasteiger partial charge >= 0.3 is 0 Å². The van der Waals surface area contributed by atoms with Gasteiger partial charge in [0.1, 0.15) is 10.8 Å². The lowest BCUT2D eigenvalue weighted by atomic mass is 10.1. The molecular weight excluding hydrogens is 175 g/mol. The molecule has 2 N–H and O–H groups in total. The third kappa shape index (κ3) is 1.22. The molecular formula is C6H6Cl2O2. The van der Waals surface area contributed by atoms with Crippen molar-refractivity contribution in [3.63, 3.8) is 0 Å². The van der Waals surface area contributed by atoms with E-state index in [0.717, 1.165) is 0 Å². The first kappa shape index (κ1) is 7.76. The maximum atomic E-state index is 8.97. The average molecular weight is 181 g/mol. The van der Waals surface area contributed by atoms with Gasteiger partial charge in [-0.05, 0) is 6.42 Å². The fourth-order valence-corrected chi connectivity index (χ4v) is 1.10. The Bertz CT molecular complexity index is 194. The second kappa shape index (κ2) is 2.72. The summed E-state index contributed by atoms with van der Waals surface area (Å²) >= 11 is 11.1. The number of aliphatic hydroxyl groups excluding tert-OH is 2. The van der Waals surface area contributed by atoms with Crippen molar-refractivity contribution in [2.24, 2.45) is 0 Å². The number of aliphatic hydroxyl groups is 2. The van der Waals surface area contributed by atoms with Gasteiger partial charge in [0.05, 0.1) is 0 Å². The first-order valence-electron chi connectivity index (χ1n) is 2.78. The van der Waals surface area contributed by atoms with Gasteiger partial charge in [-0.3, -0.25) is 0 Å². The Morgan fingerprint density at radius 2 is 1.70 bits per heavy atom. The molecule has 2 nitrogen and oxygen atoms in total. The van der Waals surface area contributed by atoms with Crippen molar-refractivity contribution in [2.75, 3.05) is 0 Å². The molecule has 0 radical (unpaired) electrons. The van der Waals surface area contributed by atoms with Gasteiger partial charge in [0.25, 0.3) is 0 Å². The van der Waals surface area contributed by atoms with E-state index in [4.69, 9.17) is 33.4 Å². The van der Waals surface area contributed by atoms with E-state index < -0.39 is 0 Å². The molecule has 0 amide bonds. The van der Waals surface area contributed by atoms with Gasteiger partial charge in [0.15, 0.2) is 5.76 Å². The van der Waals surface area contributed by atoms with Crippen molar-refractivity contribution < 1.29 is 10.2 Å². The molecule has 56 valence electrons. The van der Waals surface area contributed by atoms with Crippen LogP contribution in [0.4, 0.5) is 0 Å². The second-order valence-electron chi connectivity index (χ2n) is 2.01. The van der Waals surface area contributed by atoms with Crippen molar-refractivity contribution in [3.8, 4) is 0 Å². The van der Waals surface area contributed by atoms with Gasteiger partial charge in [0, 0.05) is 11.5 Å². The first-order valence-corrected chi connectivity index (χ1v) is 3.54. The number of halogens is 2. The second-order valence-corrected chi connectivity index (χ2v) is 2.85. The van der Waals surface area contributed by atoms with Crippen molar-refractivity contribution in [2.45, 2.75) is 12.8 Å². The molecule has 0 aromatic rings. The molecule has 0 saturated carbocycles. The Labute approximate surface area is 68.4 Å². The molecule has 1 aliphatic rings. The molecule has 0 aromatic carbocycles. The number of rotatable bonds is 0. The predicted molar refractivity (Wildman–Crippen MR) is 40.2 cm³/mol. The van der Waals surface area contributed by atoms with E-state index in [1.165, 1.54) is 0 Å². The van der Waals surface area contributed by atoms with E-state index in [9.17, 15) is 0 Å². The highest BCUT2D eigenvalue weighted by Crippen LogP contribution is 2.31. The number of hydrogen-bond donors (Lipinski definition) is 2. The van der Waals surface area contributed by atoms with Crippen LogP contribution in [-0.4, -0.2) is 10.2 Å². The van der Waals surface area contributed by atoms with E-state index in [0.29, 0.717) is 17.9 Å². The fourth-order valence-electron chi connectivity index (χ4n) is 0.711. The summed E-state index contributed by atoms with van der Waals surface area (Å²) in [6, 6.07) is 0. The minimum absolute atomic E-state index is 0.0606. The first-order chi connectivity index (χ1) is 4.63. The lowest BCUT2D eigenvalue weighted by Gasteiger charge is -2.10. The maximum Gasteiger partial charge on any atom is 0.173 e. The zero-order valence-electron chi connectivity index (χ0n) is 5.06. The van der Waals surface area contributed by atoms with Crippen LogP contribution in [0.2, 0.25) is 0 Å². The van der Waals surface area contributed by atoms with Gasteiger partial charge in [0.2, 0.25) is 0 Å². The van der Waals surface area contributed by atoms with Crippen LogP contribution in [0, 0.1) is 0 Å². The Balaban J connectivity index is 3.01. The van der Waals surface area contributed by atoms with E-state index >= 15 is 0 Å². The van der Waals surface area contributed by atoms with Crippen LogP contribution in [0.3, 0.4) is 0 Å². The van der Waals surface area contributed by atoms with E-state index in [-0.39, 0.29) is 16.6 Å². The highest BCUT2D eigenvalue weighted by Gasteiger charge is 2.17. The summed E-state index contributed by atoms with van der Waals surface area (Å²) in [5, 5.41) is 18.4. The third-order valence-electron chi connectivity index (χ3n) is 1.30. The van der Waals surface area contributed by atoms with E-state index in [1.807, 2.05) is 0 Å². The maximum absolute atomic E-state index is 8.97. The molecule has 0 saturated heterocycles. The summed E-state index contributed by atoms with van der Waals surface area (Å²) < 4.78 is 0. The average Bonchev–Trinajstić information content (AvgIpc) is 1.93. The van der Waals surface area contributed by atoms with Crippen molar-refractivity contribution >= 4 is 23.2 Å². The van der Waals surface area contributed by atoms with Gasteiger partial charge in [-0.1, -0.05) is 23.2 Å². The SMILES string of the molecule is OC1=C(O)C(Cl)=C(Cl)CC1. The van der Waals surface area contributed by atoms with Gasteiger partial charge in [-0.15, -0.1) is 0 Å². The summed E-state index contributed by atoms with van der Waals surface area (Å²) in [6.07, 6.45) is 0.858. The summed E-state index contributed by atoms with van der Waals surface area (Å²) in [7, 11) is 0. The number of hydrogen-bond acceptors (Lipinski definition) is 2. The molecule has 10 heavy (non-hydrogen) atoms. The summed E-state index contributed by atoms with van der Waals surface area (Å²) in [4.78, 5) is 0. The van der Waals surface area contributed by atoms with Crippen molar-refractivity contribution in [3.05, 3.63) is 21.6 Å². The van der Waals surface area contributed by atoms with Crippen molar-refractivity contribution in [1.82, 2.24) is 0 Å². The molecule has 0 spiro atoms. The molecule has 0 aromatic heterocycles. The molecule has 0 unspecified atom stereocenters. The molecule has 0 atom stereocenters. The van der Waals surface area contributed by atoms with Crippen LogP contribution in [0.25, 0.3) is 0 Å². The topological polar surface area (TPSA) is 40.5 Å². The monoisotopic (exact) mass is 180 g/mol. The highest BCUT2D eigenvalue weighted by molar-refractivity contribution is 6.40. The van der Waals surface area contributed by atoms with Crippen LogP contribution in [0.1, 0.15) is 12.8 Å². The lowest BCUT2D eigenvalue weighted by Crippen LogP contribution is -1.99. The Morgan fingerprint density at radius 1 is 1.10 bits per heavy atom. The number of allylic oxidation sites excluding steroid dienone is 3.